The average Bonchev–Trinajstić information content (AvgIpc) is 2.80. The molecule has 0 bridgehead atoms. The van der Waals surface area contributed by atoms with Gasteiger partial charge in [-0.1, -0.05) is 36.4 Å². The highest BCUT2D eigenvalue weighted by atomic mass is 32.2. The molecular formula is C23H26N2O5S2. The van der Waals surface area contributed by atoms with E-state index in [-0.39, 0.29) is 17.2 Å². The Morgan fingerprint density at radius 1 is 0.938 bits per heavy atom. The van der Waals surface area contributed by atoms with Crippen molar-refractivity contribution in [1.29, 1.82) is 0 Å². The molecular weight excluding hydrogens is 448 g/mol. The molecule has 9 heteroatoms. The fraction of sp³-hybridized carbons (Fsp3) is 0.261. The Balaban J connectivity index is 1.74. The summed E-state index contributed by atoms with van der Waals surface area (Å²) in [5, 5.41) is -1.12. The molecule has 2 aromatic carbocycles. The van der Waals surface area contributed by atoms with Gasteiger partial charge in [0, 0.05) is 18.9 Å². The Labute approximate surface area is 189 Å². The van der Waals surface area contributed by atoms with Crippen LogP contribution in [-0.4, -0.2) is 41.2 Å². The maximum absolute atomic E-state index is 13.3. The lowest BCUT2D eigenvalue weighted by Gasteiger charge is -2.19. The highest BCUT2D eigenvalue weighted by Crippen LogP contribution is 2.29. The van der Waals surface area contributed by atoms with E-state index in [0.29, 0.717) is 24.2 Å². The van der Waals surface area contributed by atoms with Crippen molar-refractivity contribution < 1.29 is 21.6 Å². The fourth-order valence-corrected chi connectivity index (χ4v) is 6.13. The Morgan fingerprint density at radius 3 is 2.28 bits per heavy atom. The second-order valence-electron chi connectivity index (χ2n) is 7.25. The second kappa shape index (κ2) is 10.7. The third kappa shape index (κ3) is 6.38. The molecule has 0 fully saturated rings. The monoisotopic (exact) mass is 474 g/mol. The Kier molecular flexibility index (Phi) is 8.00. The quantitative estimate of drug-likeness (QED) is 0.458. The maximum atomic E-state index is 13.3. The van der Waals surface area contributed by atoms with E-state index < -0.39 is 25.1 Å². The smallest absolute Gasteiger partial charge is 0.211 e. The first-order valence-corrected chi connectivity index (χ1v) is 13.3. The van der Waals surface area contributed by atoms with Crippen LogP contribution in [0.15, 0.2) is 84.0 Å². The van der Waals surface area contributed by atoms with Gasteiger partial charge >= 0.3 is 0 Å². The number of methoxy groups -OCH3 is 1. The molecule has 0 radical (unpaired) electrons. The topological polar surface area (TPSA) is 102 Å². The van der Waals surface area contributed by atoms with Crippen molar-refractivity contribution in [2.75, 3.05) is 19.4 Å². The van der Waals surface area contributed by atoms with Gasteiger partial charge in [0.15, 0.2) is 9.84 Å². The van der Waals surface area contributed by atoms with Crippen molar-refractivity contribution in [3.63, 3.8) is 0 Å². The molecule has 32 heavy (non-hydrogen) atoms. The van der Waals surface area contributed by atoms with Crippen LogP contribution in [0.3, 0.4) is 0 Å². The van der Waals surface area contributed by atoms with Crippen molar-refractivity contribution in [3.05, 3.63) is 90.3 Å². The zero-order valence-electron chi connectivity index (χ0n) is 17.7. The van der Waals surface area contributed by atoms with Crippen LogP contribution in [-0.2, 0) is 26.3 Å². The van der Waals surface area contributed by atoms with Gasteiger partial charge in [-0.15, -0.1) is 0 Å². The number of hydrogen-bond donors (Lipinski definition) is 1. The van der Waals surface area contributed by atoms with E-state index in [1.165, 1.54) is 31.6 Å². The standard InChI is InChI=1S/C23H26N2O5S2/c1-30-21-11-13-22(14-12-21)32(28,29)23(20-10-5-15-24-17-20)18-25-31(26,27)16-6-9-19-7-3-2-4-8-19/h2-5,7-8,10-15,17,23,25H,6,9,16,18H2,1H3/t23-/m1/s1. The van der Waals surface area contributed by atoms with Gasteiger partial charge in [-0.25, -0.2) is 21.6 Å². The van der Waals surface area contributed by atoms with Crippen molar-refractivity contribution in [3.8, 4) is 5.75 Å². The average molecular weight is 475 g/mol. The predicted octanol–water partition coefficient (Wildman–Crippen LogP) is 3.16. The third-order valence-electron chi connectivity index (χ3n) is 5.03. The van der Waals surface area contributed by atoms with E-state index in [0.717, 1.165) is 5.56 Å². The summed E-state index contributed by atoms with van der Waals surface area (Å²) in [6.07, 6.45) is 4.03. The van der Waals surface area contributed by atoms with E-state index in [2.05, 4.69) is 9.71 Å². The number of aryl methyl sites for hydroxylation is 1. The van der Waals surface area contributed by atoms with Gasteiger partial charge in [-0.2, -0.15) is 0 Å². The first kappa shape index (κ1) is 23.9. The number of aromatic nitrogens is 1. The third-order valence-corrected chi connectivity index (χ3v) is 8.58. The number of sulfone groups is 1. The lowest BCUT2D eigenvalue weighted by molar-refractivity contribution is 0.414. The van der Waals surface area contributed by atoms with Gasteiger partial charge in [0.2, 0.25) is 10.0 Å². The molecule has 170 valence electrons. The van der Waals surface area contributed by atoms with Crippen LogP contribution in [0.1, 0.15) is 22.8 Å². The number of rotatable bonds is 11. The van der Waals surface area contributed by atoms with Crippen LogP contribution in [0.2, 0.25) is 0 Å². The lowest BCUT2D eigenvalue weighted by atomic mass is 10.1. The van der Waals surface area contributed by atoms with Gasteiger partial charge in [0.05, 0.1) is 17.8 Å². The maximum Gasteiger partial charge on any atom is 0.211 e. The molecule has 0 aliphatic carbocycles. The van der Waals surface area contributed by atoms with E-state index in [4.69, 9.17) is 4.74 Å². The highest BCUT2D eigenvalue weighted by Gasteiger charge is 2.30. The van der Waals surface area contributed by atoms with Gasteiger partial charge in [-0.3, -0.25) is 4.98 Å². The van der Waals surface area contributed by atoms with Crippen LogP contribution in [0.4, 0.5) is 0 Å². The zero-order valence-corrected chi connectivity index (χ0v) is 19.3. The molecule has 0 spiro atoms. The molecule has 7 nitrogen and oxygen atoms in total. The van der Waals surface area contributed by atoms with Crippen LogP contribution < -0.4 is 9.46 Å². The van der Waals surface area contributed by atoms with Gasteiger partial charge in [-0.05, 0) is 54.3 Å². The summed E-state index contributed by atoms with van der Waals surface area (Å²) in [6.45, 7) is -0.284. The van der Waals surface area contributed by atoms with Crippen molar-refractivity contribution >= 4 is 19.9 Å². The number of nitrogens with one attached hydrogen (secondary N) is 1. The predicted molar refractivity (Wildman–Crippen MR) is 124 cm³/mol. The van der Waals surface area contributed by atoms with E-state index in [1.54, 1.807) is 24.3 Å². The minimum atomic E-state index is -3.89. The minimum absolute atomic E-state index is 0.0791. The molecule has 0 saturated carbocycles. The first-order chi connectivity index (χ1) is 15.3. The van der Waals surface area contributed by atoms with Crippen molar-refractivity contribution in [2.24, 2.45) is 0 Å². The van der Waals surface area contributed by atoms with Crippen molar-refractivity contribution in [2.45, 2.75) is 23.0 Å². The summed E-state index contributed by atoms with van der Waals surface area (Å²) in [7, 11) is -6.06. The molecule has 0 amide bonds. The van der Waals surface area contributed by atoms with E-state index in [1.807, 2.05) is 30.3 Å². The molecule has 0 saturated heterocycles. The summed E-state index contributed by atoms with van der Waals surface area (Å²) in [4.78, 5) is 4.09. The largest absolute Gasteiger partial charge is 0.497 e. The lowest BCUT2D eigenvalue weighted by Crippen LogP contribution is -2.33. The highest BCUT2D eigenvalue weighted by molar-refractivity contribution is 7.92. The normalized spacial score (nSPS) is 12.9. The number of hydrogen-bond acceptors (Lipinski definition) is 6. The van der Waals surface area contributed by atoms with Crippen LogP contribution >= 0.6 is 0 Å². The first-order valence-electron chi connectivity index (χ1n) is 10.1. The molecule has 0 unspecified atom stereocenters. The number of benzene rings is 2. The number of nitrogens with zero attached hydrogens (tertiary/aromatic N) is 1. The minimum Gasteiger partial charge on any atom is -0.497 e. The van der Waals surface area contributed by atoms with E-state index in [9.17, 15) is 16.8 Å². The SMILES string of the molecule is COc1ccc(S(=O)(=O)[C@H](CNS(=O)(=O)CCCc2ccccc2)c2cccnc2)cc1. The summed E-state index contributed by atoms with van der Waals surface area (Å²) < 4.78 is 59.4. The van der Waals surface area contributed by atoms with Crippen LogP contribution in [0.5, 0.6) is 5.75 Å². The molecule has 1 aromatic heterocycles. The molecule has 1 N–H and O–H groups in total. The summed E-state index contributed by atoms with van der Waals surface area (Å²) >= 11 is 0. The Hall–Kier alpha value is -2.75. The van der Waals surface area contributed by atoms with E-state index >= 15 is 0 Å². The summed E-state index contributed by atoms with van der Waals surface area (Å²) in [5.41, 5.74) is 1.47. The van der Waals surface area contributed by atoms with Gasteiger partial charge in [0.1, 0.15) is 11.0 Å². The number of ether oxygens (including phenoxy) is 1. The Morgan fingerprint density at radius 2 is 1.66 bits per heavy atom. The summed E-state index contributed by atoms with van der Waals surface area (Å²) in [6, 6.07) is 18.9. The van der Waals surface area contributed by atoms with Crippen LogP contribution in [0, 0.1) is 0 Å². The fourth-order valence-electron chi connectivity index (χ4n) is 3.29. The second-order valence-corrected chi connectivity index (χ2v) is 11.3. The molecule has 0 aliphatic rings. The van der Waals surface area contributed by atoms with Crippen molar-refractivity contribution in [1.82, 2.24) is 9.71 Å². The molecule has 1 atom stereocenters. The number of sulfonamides is 1. The number of pyridine rings is 1. The zero-order chi connectivity index (χ0) is 23.0. The molecule has 3 aromatic rings. The van der Waals surface area contributed by atoms with Gasteiger partial charge < -0.3 is 4.74 Å². The van der Waals surface area contributed by atoms with Gasteiger partial charge in [0.25, 0.3) is 0 Å². The molecule has 1 heterocycles. The summed E-state index contributed by atoms with van der Waals surface area (Å²) in [5.74, 6) is 0.436. The molecule has 3 rings (SSSR count). The van der Waals surface area contributed by atoms with Crippen LogP contribution in [0.25, 0.3) is 0 Å². The Bertz CT molecular complexity index is 1200. The molecule has 0 aliphatic heterocycles.